The SMILES string of the molecule is CCCCCn1c(/C=C/C(=O)c2ccccc2)nc2ccccc21. The molecular weight excluding hydrogens is 296 g/mol. The molecule has 1 aromatic heterocycles. The van der Waals surface area contributed by atoms with Crippen LogP contribution >= 0.6 is 0 Å². The van der Waals surface area contributed by atoms with E-state index in [0.717, 1.165) is 29.8 Å². The summed E-state index contributed by atoms with van der Waals surface area (Å²) in [6.45, 7) is 3.12. The van der Waals surface area contributed by atoms with Crippen LogP contribution in [0.4, 0.5) is 0 Å². The van der Waals surface area contributed by atoms with E-state index in [1.807, 2.05) is 54.6 Å². The molecule has 0 spiro atoms. The number of para-hydroxylation sites is 2. The number of unbranched alkanes of at least 4 members (excludes halogenated alkanes) is 2. The van der Waals surface area contributed by atoms with Gasteiger partial charge in [0.25, 0.3) is 0 Å². The zero-order valence-corrected chi connectivity index (χ0v) is 14.0. The lowest BCUT2D eigenvalue weighted by atomic mass is 10.1. The van der Waals surface area contributed by atoms with Crippen LogP contribution in [-0.2, 0) is 6.54 Å². The Morgan fingerprint density at radius 2 is 1.79 bits per heavy atom. The van der Waals surface area contributed by atoms with Crippen LogP contribution in [0, 0.1) is 0 Å². The van der Waals surface area contributed by atoms with Crippen molar-refractivity contribution in [1.29, 1.82) is 0 Å². The molecule has 2 aromatic carbocycles. The second-order valence-corrected chi connectivity index (χ2v) is 5.88. The van der Waals surface area contributed by atoms with E-state index in [1.54, 1.807) is 6.08 Å². The van der Waals surface area contributed by atoms with Crippen molar-refractivity contribution in [2.45, 2.75) is 32.7 Å². The molecule has 0 unspecified atom stereocenters. The zero-order chi connectivity index (χ0) is 16.8. The van der Waals surface area contributed by atoms with E-state index in [2.05, 4.69) is 22.5 Å². The van der Waals surface area contributed by atoms with Gasteiger partial charge in [0, 0.05) is 12.1 Å². The number of allylic oxidation sites excluding steroid dienone is 1. The Hall–Kier alpha value is -2.68. The number of benzene rings is 2. The summed E-state index contributed by atoms with van der Waals surface area (Å²) in [5.41, 5.74) is 2.80. The Labute approximate surface area is 142 Å². The number of rotatable bonds is 7. The molecule has 3 rings (SSSR count). The van der Waals surface area contributed by atoms with Crippen molar-refractivity contribution < 1.29 is 4.79 Å². The Kier molecular flexibility index (Phi) is 5.22. The molecule has 0 bridgehead atoms. The Bertz CT molecular complexity index is 847. The van der Waals surface area contributed by atoms with Gasteiger partial charge in [-0.1, -0.05) is 62.2 Å². The van der Waals surface area contributed by atoms with Crippen LogP contribution in [0.25, 0.3) is 17.1 Å². The molecular formula is C21H22N2O. The van der Waals surface area contributed by atoms with E-state index in [-0.39, 0.29) is 5.78 Å². The number of carbonyl (C=O) groups is 1. The third kappa shape index (κ3) is 3.62. The van der Waals surface area contributed by atoms with Crippen LogP contribution in [0.2, 0.25) is 0 Å². The zero-order valence-electron chi connectivity index (χ0n) is 14.0. The number of hydrogen-bond acceptors (Lipinski definition) is 2. The minimum atomic E-state index is 0.00256. The maximum Gasteiger partial charge on any atom is 0.185 e. The molecule has 122 valence electrons. The number of carbonyl (C=O) groups excluding carboxylic acids is 1. The number of aryl methyl sites for hydroxylation is 1. The maximum absolute atomic E-state index is 12.3. The topological polar surface area (TPSA) is 34.9 Å². The monoisotopic (exact) mass is 318 g/mol. The minimum Gasteiger partial charge on any atom is -0.324 e. The molecule has 0 aliphatic rings. The van der Waals surface area contributed by atoms with E-state index in [1.165, 1.54) is 12.8 Å². The first-order valence-electron chi connectivity index (χ1n) is 8.52. The minimum absolute atomic E-state index is 0.00256. The molecule has 0 saturated heterocycles. The molecule has 0 atom stereocenters. The fraction of sp³-hybridized carbons (Fsp3) is 0.238. The summed E-state index contributed by atoms with van der Waals surface area (Å²) in [5.74, 6) is 0.847. The molecule has 0 radical (unpaired) electrons. The summed E-state index contributed by atoms with van der Waals surface area (Å²) in [6, 6.07) is 17.5. The number of imidazole rings is 1. The highest BCUT2D eigenvalue weighted by molar-refractivity contribution is 6.06. The van der Waals surface area contributed by atoms with Crippen LogP contribution in [0.15, 0.2) is 60.7 Å². The van der Waals surface area contributed by atoms with E-state index in [0.29, 0.717) is 5.56 Å². The summed E-state index contributed by atoms with van der Waals surface area (Å²) in [7, 11) is 0. The van der Waals surface area contributed by atoms with Crippen LogP contribution in [0.3, 0.4) is 0 Å². The van der Waals surface area contributed by atoms with Gasteiger partial charge >= 0.3 is 0 Å². The third-order valence-corrected chi connectivity index (χ3v) is 4.11. The third-order valence-electron chi connectivity index (χ3n) is 4.11. The number of nitrogens with zero attached hydrogens (tertiary/aromatic N) is 2. The van der Waals surface area contributed by atoms with Gasteiger partial charge < -0.3 is 4.57 Å². The van der Waals surface area contributed by atoms with E-state index >= 15 is 0 Å². The van der Waals surface area contributed by atoms with Crippen molar-refractivity contribution in [2.75, 3.05) is 0 Å². The molecule has 0 N–H and O–H groups in total. The number of aromatic nitrogens is 2. The molecule has 24 heavy (non-hydrogen) atoms. The van der Waals surface area contributed by atoms with Crippen LogP contribution in [0.1, 0.15) is 42.4 Å². The summed E-state index contributed by atoms with van der Waals surface area (Å²) in [6.07, 6.45) is 6.95. The van der Waals surface area contributed by atoms with Gasteiger partial charge in [0.1, 0.15) is 5.82 Å². The van der Waals surface area contributed by atoms with Gasteiger partial charge in [0.05, 0.1) is 11.0 Å². The second-order valence-electron chi connectivity index (χ2n) is 5.88. The first-order chi connectivity index (χ1) is 11.8. The van der Waals surface area contributed by atoms with Crippen molar-refractivity contribution in [1.82, 2.24) is 9.55 Å². The molecule has 0 saturated carbocycles. The smallest absolute Gasteiger partial charge is 0.185 e. The van der Waals surface area contributed by atoms with Gasteiger partial charge in [-0.15, -0.1) is 0 Å². The highest BCUT2D eigenvalue weighted by atomic mass is 16.1. The van der Waals surface area contributed by atoms with Gasteiger partial charge in [0.2, 0.25) is 0 Å². The van der Waals surface area contributed by atoms with Crippen molar-refractivity contribution in [3.63, 3.8) is 0 Å². The Morgan fingerprint density at radius 1 is 1.04 bits per heavy atom. The molecule has 3 nitrogen and oxygen atoms in total. The van der Waals surface area contributed by atoms with Crippen molar-refractivity contribution >= 4 is 22.9 Å². The summed E-state index contributed by atoms with van der Waals surface area (Å²) in [5, 5.41) is 0. The van der Waals surface area contributed by atoms with E-state index in [4.69, 9.17) is 0 Å². The quantitative estimate of drug-likeness (QED) is 0.344. The molecule has 0 amide bonds. The molecule has 0 fully saturated rings. The fourth-order valence-electron chi connectivity index (χ4n) is 2.83. The number of hydrogen-bond donors (Lipinski definition) is 0. The lowest BCUT2D eigenvalue weighted by Gasteiger charge is -2.06. The van der Waals surface area contributed by atoms with E-state index < -0.39 is 0 Å². The lowest BCUT2D eigenvalue weighted by molar-refractivity contribution is 0.104. The number of fused-ring (bicyclic) bond motifs is 1. The average Bonchev–Trinajstić information content (AvgIpc) is 2.98. The average molecular weight is 318 g/mol. The number of ketones is 1. The van der Waals surface area contributed by atoms with Crippen LogP contribution < -0.4 is 0 Å². The van der Waals surface area contributed by atoms with Gasteiger partial charge in [0.15, 0.2) is 5.78 Å². The molecule has 0 aliphatic carbocycles. The lowest BCUT2D eigenvalue weighted by Crippen LogP contribution is -2.01. The first kappa shape index (κ1) is 16.2. The largest absolute Gasteiger partial charge is 0.324 e. The summed E-state index contributed by atoms with van der Waals surface area (Å²) in [4.78, 5) is 17.0. The van der Waals surface area contributed by atoms with Gasteiger partial charge in [-0.05, 0) is 30.7 Å². The highest BCUT2D eigenvalue weighted by Crippen LogP contribution is 2.18. The van der Waals surface area contributed by atoms with Gasteiger partial charge in [-0.3, -0.25) is 4.79 Å². The van der Waals surface area contributed by atoms with Crippen molar-refractivity contribution in [3.05, 3.63) is 72.1 Å². The van der Waals surface area contributed by atoms with Crippen molar-refractivity contribution in [3.8, 4) is 0 Å². The predicted molar refractivity (Wildman–Crippen MR) is 99.1 cm³/mol. The molecule has 1 heterocycles. The van der Waals surface area contributed by atoms with Crippen LogP contribution in [0.5, 0.6) is 0 Å². The Morgan fingerprint density at radius 3 is 2.58 bits per heavy atom. The van der Waals surface area contributed by atoms with Gasteiger partial charge in [-0.2, -0.15) is 0 Å². The molecule has 0 aliphatic heterocycles. The first-order valence-corrected chi connectivity index (χ1v) is 8.52. The van der Waals surface area contributed by atoms with Crippen molar-refractivity contribution in [2.24, 2.45) is 0 Å². The van der Waals surface area contributed by atoms with Crippen LogP contribution in [-0.4, -0.2) is 15.3 Å². The highest BCUT2D eigenvalue weighted by Gasteiger charge is 2.08. The summed E-state index contributed by atoms with van der Waals surface area (Å²) < 4.78 is 2.21. The fourth-order valence-corrected chi connectivity index (χ4v) is 2.83. The second kappa shape index (κ2) is 7.73. The van der Waals surface area contributed by atoms with E-state index in [9.17, 15) is 4.79 Å². The molecule has 3 heteroatoms. The van der Waals surface area contributed by atoms with Gasteiger partial charge in [-0.25, -0.2) is 4.98 Å². The standard InChI is InChI=1S/C21H22N2O/c1-2-3-9-16-23-19-13-8-7-12-18(19)22-21(23)15-14-20(24)17-10-5-4-6-11-17/h4-8,10-15H,2-3,9,16H2,1H3/b15-14+. The maximum atomic E-state index is 12.3. The normalized spacial score (nSPS) is 11.4. The molecule has 3 aromatic rings. The summed E-state index contributed by atoms with van der Waals surface area (Å²) >= 11 is 0. The predicted octanol–water partition coefficient (Wildman–Crippen LogP) is 5.12. The Balaban J connectivity index is 1.89.